The van der Waals surface area contributed by atoms with Crippen molar-refractivity contribution >= 4 is 23.9 Å². The van der Waals surface area contributed by atoms with Crippen LogP contribution in [0.2, 0.25) is 0 Å². The van der Waals surface area contributed by atoms with Crippen molar-refractivity contribution in [3.63, 3.8) is 0 Å². The molecule has 0 unspecified atom stereocenters. The van der Waals surface area contributed by atoms with Gasteiger partial charge in [0.1, 0.15) is 0 Å². The first-order valence-electron chi connectivity index (χ1n) is 4.20. The molecule has 0 spiro atoms. The monoisotopic (exact) mass is 427 g/mol. The van der Waals surface area contributed by atoms with Crippen LogP contribution in [0.1, 0.15) is 0 Å². The van der Waals surface area contributed by atoms with Crippen LogP contribution in [-0.2, 0) is 40.2 Å². The van der Waals surface area contributed by atoms with Gasteiger partial charge in [0.05, 0.1) is 23.7 Å². The second-order valence-electron chi connectivity index (χ2n) is 3.46. The molecule has 0 heterocycles. The van der Waals surface area contributed by atoms with Gasteiger partial charge in [0.15, 0.2) is 0 Å². The van der Waals surface area contributed by atoms with Gasteiger partial charge in [-0.2, -0.15) is 0 Å². The molecule has 98 valence electrons. The average Bonchev–Trinajstić information content (AvgIpc) is 1.97. The van der Waals surface area contributed by atoms with Crippen molar-refractivity contribution in [2.75, 3.05) is 0 Å². The van der Waals surface area contributed by atoms with E-state index in [1.54, 1.807) is 0 Å². The predicted molar refractivity (Wildman–Crippen MR) is 44.5 cm³/mol. The summed E-state index contributed by atoms with van der Waals surface area (Å²) in [6, 6.07) is 0. The fourth-order valence-corrected chi connectivity index (χ4v) is 1.98. The van der Waals surface area contributed by atoms with Gasteiger partial charge in [-0.1, -0.05) is 0 Å². The Bertz CT molecular complexity index is 298. The molecule has 9 heteroatoms. The number of hydrogen-bond donors (Lipinski definition) is 4. The largest absolute Gasteiger partial charge is 0.481 e. The number of aliphatic carboxylic acids is 4. The molecule has 4 N–H and O–H groups in total. The standard InChI is InChI=1S/C8H8O8.Pt/c9-5(10)1-2(6(11)12)4(8(15)16)3(1)7(13)14;/h1-4H,(H,9,10)(H,11,12)(H,13,14)(H,15,16);. The molecular weight excluding hydrogens is 419 g/mol. The van der Waals surface area contributed by atoms with Crippen LogP contribution in [0.15, 0.2) is 0 Å². The van der Waals surface area contributed by atoms with Crippen LogP contribution < -0.4 is 0 Å². The zero-order valence-corrected chi connectivity index (χ0v) is 10.3. The number of carboxylic acids is 4. The van der Waals surface area contributed by atoms with Crippen molar-refractivity contribution < 1.29 is 60.7 Å². The Labute approximate surface area is 108 Å². The van der Waals surface area contributed by atoms with Crippen LogP contribution in [0.5, 0.6) is 0 Å². The summed E-state index contributed by atoms with van der Waals surface area (Å²) >= 11 is 0. The van der Waals surface area contributed by atoms with Gasteiger partial charge in [-0.3, -0.25) is 19.2 Å². The fourth-order valence-electron chi connectivity index (χ4n) is 1.98. The molecule has 0 radical (unpaired) electrons. The van der Waals surface area contributed by atoms with Gasteiger partial charge in [-0.15, -0.1) is 0 Å². The van der Waals surface area contributed by atoms with E-state index in [1.807, 2.05) is 0 Å². The molecular formula is C8H8O8Pt. The van der Waals surface area contributed by atoms with Gasteiger partial charge in [-0.25, -0.2) is 0 Å². The molecule has 0 aromatic heterocycles. The third kappa shape index (κ3) is 2.46. The Balaban J connectivity index is 0.00000256. The molecule has 1 saturated carbocycles. The van der Waals surface area contributed by atoms with Crippen LogP contribution in [0.25, 0.3) is 0 Å². The van der Waals surface area contributed by atoms with E-state index >= 15 is 0 Å². The maximum atomic E-state index is 10.7. The Morgan fingerprint density at radius 3 is 0.706 bits per heavy atom. The Hall–Kier alpha value is -1.43. The SMILES string of the molecule is O=C(O)C1C(C(=O)O)C(C(=O)O)C1C(=O)O.[Pt]. The fraction of sp³-hybridized carbons (Fsp3) is 0.500. The van der Waals surface area contributed by atoms with Gasteiger partial charge >= 0.3 is 23.9 Å². The topological polar surface area (TPSA) is 149 Å². The van der Waals surface area contributed by atoms with E-state index in [4.69, 9.17) is 20.4 Å². The van der Waals surface area contributed by atoms with Gasteiger partial charge < -0.3 is 20.4 Å². The van der Waals surface area contributed by atoms with Gasteiger partial charge in [0.2, 0.25) is 0 Å². The molecule has 1 fully saturated rings. The first kappa shape index (κ1) is 15.6. The van der Waals surface area contributed by atoms with Crippen LogP contribution >= 0.6 is 0 Å². The number of carbonyl (C=O) groups is 4. The van der Waals surface area contributed by atoms with Crippen LogP contribution in [0, 0.1) is 23.7 Å². The van der Waals surface area contributed by atoms with Crippen LogP contribution in [-0.4, -0.2) is 44.3 Å². The third-order valence-corrected chi connectivity index (χ3v) is 2.69. The van der Waals surface area contributed by atoms with Crippen molar-refractivity contribution in [2.45, 2.75) is 0 Å². The molecule has 0 aliphatic heterocycles. The van der Waals surface area contributed by atoms with E-state index in [0.717, 1.165) is 0 Å². The minimum atomic E-state index is -1.70. The molecule has 0 bridgehead atoms. The molecule has 0 aromatic carbocycles. The van der Waals surface area contributed by atoms with E-state index in [2.05, 4.69) is 0 Å². The van der Waals surface area contributed by atoms with E-state index in [0.29, 0.717) is 0 Å². The van der Waals surface area contributed by atoms with Gasteiger partial charge in [-0.05, 0) is 0 Å². The molecule has 0 saturated heterocycles. The smallest absolute Gasteiger partial charge is 0.308 e. The van der Waals surface area contributed by atoms with Gasteiger partial charge in [0.25, 0.3) is 0 Å². The van der Waals surface area contributed by atoms with Crippen LogP contribution in [0.4, 0.5) is 0 Å². The second kappa shape index (κ2) is 5.27. The summed E-state index contributed by atoms with van der Waals surface area (Å²) in [5.74, 6) is -13.2. The summed E-state index contributed by atoms with van der Waals surface area (Å²) in [5.41, 5.74) is 0. The zero-order chi connectivity index (χ0) is 12.6. The van der Waals surface area contributed by atoms with Crippen molar-refractivity contribution in [3.05, 3.63) is 0 Å². The molecule has 0 amide bonds. The van der Waals surface area contributed by atoms with E-state index in [-0.39, 0.29) is 21.1 Å². The average molecular weight is 427 g/mol. The molecule has 1 aliphatic rings. The molecule has 17 heavy (non-hydrogen) atoms. The molecule has 8 nitrogen and oxygen atoms in total. The van der Waals surface area contributed by atoms with Crippen molar-refractivity contribution in [1.29, 1.82) is 0 Å². The Morgan fingerprint density at radius 1 is 0.529 bits per heavy atom. The van der Waals surface area contributed by atoms with E-state index < -0.39 is 47.5 Å². The molecule has 0 atom stereocenters. The Morgan fingerprint density at radius 2 is 0.647 bits per heavy atom. The molecule has 1 aliphatic carbocycles. The van der Waals surface area contributed by atoms with Crippen molar-refractivity contribution in [3.8, 4) is 0 Å². The number of carboxylic acid groups (broad SMARTS) is 4. The Kier molecular flexibility index (Phi) is 4.82. The summed E-state index contributed by atoms with van der Waals surface area (Å²) < 4.78 is 0. The van der Waals surface area contributed by atoms with Crippen molar-refractivity contribution in [1.82, 2.24) is 0 Å². The summed E-state index contributed by atoms with van der Waals surface area (Å²) in [7, 11) is 0. The van der Waals surface area contributed by atoms with Gasteiger partial charge in [0, 0.05) is 21.1 Å². The first-order chi connectivity index (χ1) is 7.29. The van der Waals surface area contributed by atoms with E-state index in [9.17, 15) is 19.2 Å². The van der Waals surface area contributed by atoms with Crippen LogP contribution in [0.3, 0.4) is 0 Å². The first-order valence-corrected chi connectivity index (χ1v) is 4.20. The molecule has 0 aromatic rings. The normalized spacial score (nSPS) is 30.6. The second-order valence-corrected chi connectivity index (χ2v) is 3.46. The zero-order valence-electron chi connectivity index (χ0n) is 8.05. The number of rotatable bonds is 4. The number of hydrogen-bond acceptors (Lipinski definition) is 4. The molecule has 1 rings (SSSR count). The maximum Gasteiger partial charge on any atom is 0.308 e. The quantitative estimate of drug-likeness (QED) is 0.437. The summed E-state index contributed by atoms with van der Waals surface area (Å²) in [4.78, 5) is 42.6. The minimum Gasteiger partial charge on any atom is -0.481 e. The maximum absolute atomic E-state index is 10.7. The van der Waals surface area contributed by atoms with Crippen molar-refractivity contribution in [2.24, 2.45) is 23.7 Å². The van der Waals surface area contributed by atoms with E-state index in [1.165, 1.54) is 0 Å². The summed E-state index contributed by atoms with van der Waals surface area (Å²) in [6.45, 7) is 0. The predicted octanol–water partition coefficient (Wildman–Crippen LogP) is -1.20. The summed E-state index contributed by atoms with van der Waals surface area (Å²) in [5, 5.41) is 34.6. The minimum absolute atomic E-state index is 0. The third-order valence-electron chi connectivity index (χ3n) is 2.69. The summed E-state index contributed by atoms with van der Waals surface area (Å²) in [6.07, 6.45) is 0.